The Bertz CT molecular complexity index is 1110. The highest BCUT2D eigenvalue weighted by Crippen LogP contribution is 2.62. The van der Waals surface area contributed by atoms with Crippen molar-refractivity contribution in [2.24, 2.45) is 0 Å². The number of likely N-dealkylation sites (tertiary alicyclic amines) is 1. The molecule has 2 heterocycles. The van der Waals surface area contributed by atoms with E-state index in [1.165, 1.54) is 15.9 Å². The Labute approximate surface area is 207 Å². The van der Waals surface area contributed by atoms with Crippen molar-refractivity contribution >= 4 is 38.9 Å². The number of sulfone groups is 1. The molecule has 2 aliphatic heterocycles. The van der Waals surface area contributed by atoms with Crippen LogP contribution in [0.2, 0.25) is 0 Å². The van der Waals surface area contributed by atoms with Gasteiger partial charge in [-0.2, -0.15) is 0 Å². The summed E-state index contributed by atoms with van der Waals surface area (Å²) in [6.45, 7) is 0.623. The van der Waals surface area contributed by atoms with E-state index in [2.05, 4.69) is 72.8 Å². The quantitative estimate of drug-likeness (QED) is 0.418. The van der Waals surface area contributed by atoms with Gasteiger partial charge in [0.2, 0.25) is 0 Å². The lowest BCUT2D eigenvalue weighted by Crippen LogP contribution is -3.00. The predicted octanol–water partition coefficient (Wildman–Crippen LogP) is -0.227. The van der Waals surface area contributed by atoms with Gasteiger partial charge in [-0.1, -0.05) is 54.6 Å². The van der Waals surface area contributed by atoms with Crippen molar-refractivity contribution in [3.05, 3.63) is 91.0 Å². The molecular weight excluding hydrogens is 517 g/mol. The van der Waals surface area contributed by atoms with Gasteiger partial charge in [0.1, 0.15) is 23.2 Å². The second kappa shape index (κ2) is 9.69. The van der Waals surface area contributed by atoms with E-state index in [1.54, 1.807) is 0 Å². The van der Waals surface area contributed by atoms with E-state index in [4.69, 9.17) is 0 Å². The Hall–Kier alpha value is -2.01. The molecule has 2 atom stereocenters. The van der Waals surface area contributed by atoms with Gasteiger partial charge < -0.3 is 21.9 Å². The molecule has 3 aromatic carbocycles. The summed E-state index contributed by atoms with van der Waals surface area (Å²) in [6, 6.07) is 31.1. The molecule has 0 bridgehead atoms. The maximum Gasteiger partial charge on any atom is 0.264 e. The molecule has 0 unspecified atom stereocenters. The van der Waals surface area contributed by atoms with Crippen LogP contribution in [0, 0.1) is 0 Å². The summed E-state index contributed by atoms with van der Waals surface area (Å²) in [5.74, 6) is 0.387. The van der Waals surface area contributed by atoms with E-state index in [0.717, 1.165) is 6.42 Å². The average molecular weight is 544 g/mol. The van der Waals surface area contributed by atoms with E-state index in [0.29, 0.717) is 13.0 Å². The van der Waals surface area contributed by atoms with Gasteiger partial charge in [0, 0.05) is 19.0 Å². The number of carbonyl (C=O) groups is 1. The summed E-state index contributed by atoms with van der Waals surface area (Å²) in [5.41, 5.74) is -0.196. The number of halogens is 1. The summed E-state index contributed by atoms with van der Waals surface area (Å²) in [7, 11) is -5.36. The van der Waals surface area contributed by atoms with Gasteiger partial charge in [-0.15, -0.1) is 0 Å². The number of benzene rings is 3. The molecule has 5 rings (SSSR count). The first-order valence-electron chi connectivity index (χ1n) is 11.1. The van der Waals surface area contributed by atoms with Crippen molar-refractivity contribution in [3.8, 4) is 0 Å². The molecule has 4 nitrogen and oxygen atoms in total. The van der Waals surface area contributed by atoms with Crippen LogP contribution in [-0.2, 0) is 14.6 Å². The molecule has 2 saturated heterocycles. The molecular formula is C26H27BrNO3PS. The van der Waals surface area contributed by atoms with Gasteiger partial charge in [0.05, 0.1) is 11.5 Å². The van der Waals surface area contributed by atoms with Crippen molar-refractivity contribution in [1.29, 1.82) is 0 Å². The van der Waals surface area contributed by atoms with Crippen LogP contribution in [-0.4, -0.2) is 49.0 Å². The average Bonchev–Trinajstić information content (AvgIpc) is 3.38. The zero-order valence-electron chi connectivity index (χ0n) is 18.3. The van der Waals surface area contributed by atoms with Gasteiger partial charge in [-0.25, -0.2) is 8.42 Å². The molecule has 2 fully saturated rings. The summed E-state index contributed by atoms with van der Waals surface area (Å²) < 4.78 is 24.2. The highest BCUT2D eigenvalue weighted by molar-refractivity contribution is 7.97. The summed E-state index contributed by atoms with van der Waals surface area (Å²) in [4.78, 5) is 15.9. The van der Waals surface area contributed by atoms with Crippen LogP contribution in [0.3, 0.4) is 0 Å². The third-order valence-corrected chi connectivity index (χ3v) is 13.3. The topological polar surface area (TPSA) is 54.5 Å². The number of nitrogens with zero attached hydrogens (tertiary/aromatic N) is 1. The fraction of sp³-hybridized carbons (Fsp3) is 0.269. The molecule has 33 heavy (non-hydrogen) atoms. The Morgan fingerprint density at radius 3 is 1.58 bits per heavy atom. The monoisotopic (exact) mass is 543 g/mol. The third-order valence-electron chi connectivity index (χ3n) is 6.82. The maximum absolute atomic E-state index is 14.0. The molecule has 0 spiro atoms. The first-order chi connectivity index (χ1) is 15.5. The number of rotatable bonds is 5. The largest absolute Gasteiger partial charge is 1.00 e. The molecule has 0 aliphatic carbocycles. The minimum Gasteiger partial charge on any atom is -1.00 e. The van der Waals surface area contributed by atoms with E-state index < -0.39 is 17.1 Å². The van der Waals surface area contributed by atoms with Crippen molar-refractivity contribution in [2.45, 2.75) is 24.5 Å². The molecule has 172 valence electrons. The fourth-order valence-electron chi connectivity index (χ4n) is 5.41. The second-order valence-electron chi connectivity index (χ2n) is 8.62. The molecule has 0 radical (unpaired) electrons. The Morgan fingerprint density at radius 2 is 1.18 bits per heavy atom. The molecule has 1 amide bonds. The first kappa shape index (κ1) is 24.1. The van der Waals surface area contributed by atoms with Crippen LogP contribution in [0.1, 0.15) is 12.8 Å². The molecule has 2 aliphatic rings. The van der Waals surface area contributed by atoms with Crippen LogP contribution in [0.25, 0.3) is 0 Å². The smallest absolute Gasteiger partial charge is 0.264 e. The van der Waals surface area contributed by atoms with Gasteiger partial charge in [0.25, 0.3) is 5.91 Å². The van der Waals surface area contributed by atoms with Crippen LogP contribution in [0.15, 0.2) is 91.0 Å². The first-order valence-corrected chi connectivity index (χ1v) is 14.8. The van der Waals surface area contributed by atoms with Crippen LogP contribution in [0.5, 0.6) is 0 Å². The SMILES string of the molecule is O=C1[C@@H]([P+](c2ccccc2)(c2ccccc2)c2ccccc2)CCN1[C@H]1CCS(=O)(=O)C1.[Br-]. The highest BCUT2D eigenvalue weighted by atomic mass is 79.9. The van der Waals surface area contributed by atoms with Crippen LogP contribution in [0.4, 0.5) is 0 Å². The van der Waals surface area contributed by atoms with E-state index in [1.807, 2.05) is 23.1 Å². The van der Waals surface area contributed by atoms with Crippen molar-refractivity contribution in [1.82, 2.24) is 4.90 Å². The summed E-state index contributed by atoms with van der Waals surface area (Å²) in [5, 5.41) is 3.57. The standard InChI is InChI=1S/C26H27NO3PS.BrH/c28-26-25(16-18-27(26)21-17-19-32(29,30)20-21)31(22-10-4-1-5-11-22,23-12-6-2-7-13-23)24-14-8-3-9-15-24;/h1-15,21,25H,16-20H2;1H/q+1;/p-1/t21-,25-;/m0./s1. The van der Waals surface area contributed by atoms with E-state index >= 15 is 0 Å². The normalized spacial score (nSPS) is 22.2. The Morgan fingerprint density at radius 1 is 0.727 bits per heavy atom. The predicted molar refractivity (Wildman–Crippen MR) is 132 cm³/mol. The Balaban J connectivity index is 0.00000259. The maximum atomic E-state index is 14.0. The minimum absolute atomic E-state index is 0. The molecule has 7 heteroatoms. The zero-order valence-corrected chi connectivity index (χ0v) is 21.6. The lowest BCUT2D eigenvalue weighted by Gasteiger charge is -2.32. The molecule has 0 N–H and O–H groups in total. The summed E-state index contributed by atoms with van der Waals surface area (Å²) in [6.07, 6.45) is 1.29. The molecule has 3 aromatic rings. The number of carbonyl (C=O) groups excluding carboxylic acids is 1. The van der Waals surface area contributed by atoms with Crippen LogP contribution < -0.4 is 32.9 Å². The number of amides is 1. The lowest BCUT2D eigenvalue weighted by molar-refractivity contribution is -0.128. The van der Waals surface area contributed by atoms with Gasteiger partial charge in [-0.05, 0) is 42.8 Å². The van der Waals surface area contributed by atoms with Crippen molar-refractivity contribution in [3.63, 3.8) is 0 Å². The van der Waals surface area contributed by atoms with Crippen molar-refractivity contribution in [2.75, 3.05) is 18.1 Å². The van der Waals surface area contributed by atoms with Gasteiger partial charge in [-0.3, -0.25) is 4.79 Å². The number of hydrogen-bond donors (Lipinski definition) is 0. The van der Waals surface area contributed by atoms with E-state index in [9.17, 15) is 13.2 Å². The third kappa shape index (κ3) is 4.29. The van der Waals surface area contributed by atoms with Crippen LogP contribution >= 0.6 is 7.26 Å². The molecule has 0 aromatic heterocycles. The fourth-order valence-corrected chi connectivity index (χ4v) is 12.0. The lowest BCUT2D eigenvalue weighted by atomic mass is 10.2. The van der Waals surface area contributed by atoms with E-state index in [-0.39, 0.29) is 46.1 Å². The minimum atomic E-state index is -3.05. The Kier molecular flexibility index (Phi) is 7.09. The number of hydrogen-bond acceptors (Lipinski definition) is 3. The summed E-state index contributed by atoms with van der Waals surface area (Å²) >= 11 is 0. The zero-order chi connectivity index (χ0) is 22.2. The highest BCUT2D eigenvalue weighted by Gasteiger charge is 2.59. The second-order valence-corrected chi connectivity index (χ2v) is 14.5. The van der Waals surface area contributed by atoms with Gasteiger partial charge >= 0.3 is 0 Å². The van der Waals surface area contributed by atoms with Gasteiger partial charge in [0.15, 0.2) is 15.5 Å². The molecule has 0 saturated carbocycles. The van der Waals surface area contributed by atoms with Crippen molar-refractivity contribution < 1.29 is 30.2 Å².